The third-order valence-corrected chi connectivity index (χ3v) is 3.08. The van der Waals surface area contributed by atoms with Crippen LogP contribution in [-0.4, -0.2) is 42.2 Å². The highest BCUT2D eigenvalue weighted by Gasteiger charge is 2.12. The Morgan fingerprint density at radius 3 is 2.83 bits per heavy atom. The monoisotopic (exact) mass is 271 g/mol. The molecule has 1 aromatic rings. The Bertz CT molecular complexity index is 409. The van der Waals surface area contributed by atoms with E-state index in [0.29, 0.717) is 23.9 Å². The molecule has 1 N–H and O–H groups in total. The highest BCUT2D eigenvalue weighted by molar-refractivity contribution is 6.31. The molecule has 0 fully saturated rings. The maximum atomic E-state index is 11.8. The van der Waals surface area contributed by atoms with Crippen molar-refractivity contribution in [2.24, 2.45) is 0 Å². The highest BCUT2D eigenvalue weighted by Crippen LogP contribution is 2.24. The standard InChI is InChI=1S/C13H18ClNO3/c1-3-15(7-8-16)13(17)9-18-12-6-4-5-11(14)10(12)2/h4-6,16H,3,7-9H2,1-2H3. The molecule has 0 radical (unpaired) electrons. The van der Waals surface area contributed by atoms with Crippen LogP contribution >= 0.6 is 11.6 Å². The van der Waals surface area contributed by atoms with Crippen LogP contribution in [0.5, 0.6) is 5.75 Å². The van der Waals surface area contributed by atoms with Gasteiger partial charge in [-0.15, -0.1) is 0 Å². The van der Waals surface area contributed by atoms with E-state index in [1.54, 1.807) is 23.1 Å². The number of hydrogen-bond acceptors (Lipinski definition) is 3. The third kappa shape index (κ3) is 3.89. The van der Waals surface area contributed by atoms with Crippen molar-refractivity contribution >= 4 is 17.5 Å². The summed E-state index contributed by atoms with van der Waals surface area (Å²) in [7, 11) is 0. The van der Waals surface area contributed by atoms with Gasteiger partial charge in [0.25, 0.3) is 5.91 Å². The summed E-state index contributed by atoms with van der Waals surface area (Å²) in [6.07, 6.45) is 0. The summed E-state index contributed by atoms with van der Waals surface area (Å²) in [6, 6.07) is 5.33. The van der Waals surface area contributed by atoms with Crippen LogP contribution in [0.2, 0.25) is 5.02 Å². The summed E-state index contributed by atoms with van der Waals surface area (Å²) in [5, 5.41) is 9.44. The van der Waals surface area contributed by atoms with E-state index in [4.69, 9.17) is 21.4 Å². The minimum atomic E-state index is -0.147. The zero-order valence-corrected chi connectivity index (χ0v) is 11.4. The molecule has 4 nitrogen and oxygen atoms in total. The first-order valence-electron chi connectivity index (χ1n) is 5.86. The average Bonchev–Trinajstić information content (AvgIpc) is 2.37. The molecule has 18 heavy (non-hydrogen) atoms. The van der Waals surface area contributed by atoms with Crippen molar-refractivity contribution in [2.75, 3.05) is 26.3 Å². The number of ether oxygens (including phenoxy) is 1. The molecule has 1 aromatic carbocycles. The number of aliphatic hydroxyl groups excluding tert-OH is 1. The molecule has 100 valence electrons. The van der Waals surface area contributed by atoms with Gasteiger partial charge in [-0.2, -0.15) is 0 Å². The van der Waals surface area contributed by atoms with Gasteiger partial charge in [0.15, 0.2) is 6.61 Å². The van der Waals surface area contributed by atoms with Gasteiger partial charge in [0, 0.05) is 23.7 Å². The maximum absolute atomic E-state index is 11.8. The summed E-state index contributed by atoms with van der Waals surface area (Å²) >= 11 is 5.96. The van der Waals surface area contributed by atoms with E-state index in [2.05, 4.69) is 0 Å². The number of likely N-dealkylation sites (N-methyl/N-ethyl adjacent to an activating group) is 1. The van der Waals surface area contributed by atoms with E-state index in [-0.39, 0.29) is 19.1 Å². The Morgan fingerprint density at radius 1 is 1.50 bits per heavy atom. The summed E-state index contributed by atoms with van der Waals surface area (Å²) in [5.41, 5.74) is 0.817. The highest BCUT2D eigenvalue weighted by atomic mass is 35.5. The van der Waals surface area contributed by atoms with Crippen molar-refractivity contribution in [3.8, 4) is 5.75 Å². The van der Waals surface area contributed by atoms with E-state index in [1.807, 2.05) is 13.8 Å². The summed E-state index contributed by atoms with van der Waals surface area (Å²) in [6.45, 7) is 4.49. The van der Waals surface area contributed by atoms with Gasteiger partial charge in [0.2, 0.25) is 0 Å². The lowest BCUT2D eigenvalue weighted by molar-refractivity contribution is -0.133. The Kier molecular flexibility index (Phi) is 5.95. The largest absolute Gasteiger partial charge is 0.483 e. The predicted octanol–water partition coefficient (Wildman–Crippen LogP) is 1.87. The number of halogens is 1. The maximum Gasteiger partial charge on any atom is 0.260 e. The molecule has 0 aromatic heterocycles. The van der Waals surface area contributed by atoms with Gasteiger partial charge in [-0.25, -0.2) is 0 Å². The van der Waals surface area contributed by atoms with Crippen LogP contribution in [-0.2, 0) is 4.79 Å². The zero-order valence-electron chi connectivity index (χ0n) is 10.6. The van der Waals surface area contributed by atoms with E-state index in [9.17, 15) is 4.79 Å². The summed E-state index contributed by atoms with van der Waals surface area (Å²) in [5.74, 6) is 0.460. The minimum absolute atomic E-state index is 0.0459. The molecule has 0 aliphatic rings. The normalized spacial score (nSPS) is 10.2. The van der Waals surface area contributed by atoms with Crippen molar-refractivity contribution in [3.63, 3.8) is 0 Å². The summed E-state index contributed by atoms with van der Waals surface area (Å²) in [4.78, 5) is 13.3. The topological polar surface area (TPSA) is 49.8 Å². The molecule has 1 amide bonds. The first-order chi connectivity index (χ1) is 8.60. The fourth-order valence-electron chi connectivity index (χ4n) is 1.55. The van der Waals surface area contributed by atoms with Crippen LogP contribution in [0.1, 0.15) is 12.5 Å². The van der Waals surface area contributed by atoms with Crippen molar-refractivity contribution in [1.29, 1.82) is 0 Å². The second-order valence-electron chi connectivity index (χ2n) is 3.85. The molecule has 0 saturated carbocycles. The number of aliphatic hydroxyl groups is 1. The molecule has 5 heteroatoms. The van der Waals surface area contributed by atoms with Gasteiger partial charge >= 0.3 is 0 Å². The van der Waals surface area contributed by atoms with Crippen molar-refractivity contribution in [3.05, 3.63) is 28.8 Å². The smallest absolute Gasteiger partial charge is 0.260 e. The van der Waals surface area contributed by atoms with E-state index < -0.39 is 0 Å². The van der Waals surface area contributed by atoms with Gasteiger partial charge in [-0.05, 0) is 26.0 Å². The Labute approximate surface area is 112 Å². The van der Waals surface area contributed by atoms with Crippen molar-refractivity contribution < 1.29 is 14.6 Å². The van der Waals surface area contributed by atoms with E-state index in [0.717, 1.165) is 5.56 Å². The zero-order chi connectivity index (χ0) is 13.5. The minimum Gasteiger partial charge on any atom is -0.483 e. The number of carbonyl (C=O) groups is 1. The van der Waals surface area contributed by atoms with E-state index in [1.165, 1.54) is 0 Å². The molecule has 1 rings (SSSR count). The molecule has 0 aliphatic heterocycles. The molecule has 0 aliphatic carbocycles. The van der Waals surface area contributed by atoms with Gasteiger partial charge in [-0.1, -0.05) is 17.7 Å². The molecule has 0 unspecified atom stereocenters. The van der Waals surface area contributed by atoms with Gasteiger partial charge in [-0.3, -0.25) is 4.79 Å². The van der Waals surface area contributed by atoms with E-state index >= 15 is 0 Å². The van der Waals surface area contributed by atoms with Crippen LogP contribution in [0.15, 0.2) is 18.2 Å². The van der Waals surface area contributed by atoms with Gasteiger partial charge < -0.3 is 14.7 Å². The van der Waals surface area contributed by atoms with Gasteiger partial charge in [0.1, 0.15) is 5.75 Å². The van der Waals surface area contributed by atoms with Crippen molar-refractivity contribution in [2.45, 2.75) is 13.8 Å². The molecular formula is C13H18ClNO3. The van der Waals surface area contributed by atoms with Crippen molar-refractivity contribution in [1.82, 2.24) is 4.90 Å². The number of benzene rings is 1. The molecule has 0 spiro atoms. The Hall–Kier alpha value is -1.26. The number of amides is 1. The SMILES string of the molecule is CCN(CCO)C(=O)COc1cccc(Cl)c1C. The Balaban J connectivity index is 2.59. The predicted molar refractivity (Wildman–Crippen MR) is 71.0 cm³/mol. The fraction of sp³-hybridized carbons (Fsp3) is 0.462. The fourth-order valence-corrected chi connectivity index (χ4v) is 1.72. The first-order valence-corrected chi connectivity index (χ1v) is 6.24. The number of rotatable bonds is 6. The molecule has 0 heterocycles. The van der Waals surface area contributed by atoms with Crippen LogP contribution in [0.25, 0.3) is 0 Å². The van der Waals surface area contributed by atoms with Crippen LogP contribution in [0.3, 0.4) is 0 Å². The lowest BCUT2D eigenvalue weighted by Gasteiger charge is -2.20. The second kappa shape index (κ2) is 7.24. The van der Waals surface area contributed by atoms with Crippen LogP contribution < -0.4 is 4.74 Å². The van der Waals surface area contributed by atoms with Crippen LogP contribution in [0, 0.1) is 6.92 Å². The lowest BCUT2D eigenvalue weighted by atomic mass is 10.2. The molecule has 0 atom stereocenters. The number of nitrogens with zero attached hydrogens (tertiary/aromatic N) is 1. The summed E-state index contributed by atoms with van der Waals surface area (Å²) < 4.78 is 5.45. The lowest BCUT2D eigenvalue weighted by Crippen LogP contribution is -2.36. The molecule has 0 saturated heterocycles. The Morgan fingerprint density at radius 2 is 2.22 bits per heavy atom. The number of hydrogen-bond donors (Lipinski definition) is 1. The average molecular weight is 272 g/mol. The quantitative estimate of drug-likeness (QED) is 0.859. The number of carbonyl (C=O) groups excluding carboxylic acids is 1. The first kappa shape index (κ1) is 14.8. The van der Waals surface area contributed by atoms with Crippen LogP contribution in [0.4, 0.5) is 0 Å². The third-order valence-electron chi connectivity index (χ3n) is 2.67. The van der Waals surface area contributed by atoms with Gasteiger partial charge in [0.05, 0.1) is 6.61 Å². The molecule has 0 bridgehead atoms. The molecular weight excluding hydrogens is 254 g/mol. The second-order valence-corrected chi connectivity index (χ2v) is 4.26.